The molecule has 1 N–H and O–H groups in total. The number of carbonyl (C=O) groups is 2. The number of aliphatic hydroxyl groups is 1. The molecule has 0 unspecified atom stereocenters. The van der Waals surface area contributed by atoms with Gasteiger partial charge in [-0.2, -0.15) is 0 Å². The number of hydrogen-bond acceptors (Lipinski definition) is 5. The molecule has 0 aliphatic heterocycles. The Morgan fingerprint density at radius 2 is 0.949 bits per heavy atom. The van der Waals surface area contributed by atoms with E-state index >= 15 is 0 Å². The maximum Gasteiger partial charge on any atom is 0.306 e. The molecule has 0 saturated carbocycles. The Hall–Kier alpha value is -1.10. The molecule has 5 heteroatoms. The van der Waals surface area contributed by atoms with Crippen LogP contribution in [0.4, 0.5) is 0 Å². The second-order valence-electron chi connectivity index (χ2n) is 12.1. The van der Waals surface area contributed by atoms with Gasteiger partial charge in [0.1, 0.15) is 6.61 Å². The summed E-state index contributed by atoms with van der Waals surface area (Å²) in [6, 6.07) is 0. The molecule has 0 aromatic carbocycles. The van der Waals surface area contributed by atoms with Crippen LogP contribution in [0, 0.1) is 5.92 Å². The third kappa shape index (κ3) is 29.7. The number of hydrogen-bond donors (Lipinski definition) is 1. The Kier molecular flexibility index (Phi) is 29.0. The van der Waals surface area contributed by atoms with E-state index in [0.29, 0.717) is 12.8 Å². The van der Waals surface area contributed by atoms with Gasteiger partial charge in [0.15, 0.2) is 6.10 Å². The molecule has 0 aliphatic carbocycles. The molecule has 5 nitrogen and oxygen atoms in total. The van der Waals surface area contributed by atoms with E-state index in [1.165, 1.54) is 109 Å². The molecule has 0 aromatic heterocycles. The summed E-state index contributed by atoms with van der Waals surface area (Å²) in [5.41, 5.74) is 0. The second kappa shape index (κ2) is 29.9. The van der Waals surface area contributed by atoms with Crippen LogP contribution >= 0.6 is 0 Å². The Balaban J connectivity index is 3.54. The first-order valence-electron chi connectivity index (χ1n) is 17.0. The van der Waals surface area contributed by atoms with Gasteiger partial charge in [-0.05, 0) is 18.8 Å². The van der Waals surface area contributed by atoms with Crippen molar-refractivity contribution in [1.29, 1.82) is 0 Å². The average molecular weight is 555 g/mol. The van der Waals surface area contributed by atoms with E-state index in [0.717, 1.165) is 44.4 Å². The fraction of sp³-hybridized carbons (Fsp3) is 0.941. The molecule has 232 valence electrons. The predicted molar refractivity (Wildman–Crippen MR) is 164 cm³/mol. The van der Waals surface area contributed by atoms with E-state index in [1.807, 2.05) is 0 Å². The van der Waals surface area contributed by atoms with E-state index in [4.69, 9.17) is 9.47 Å². The van der Waals surface area contributed by atoms with Gasteiger partial charge >= 0.3 is 11.9 Å². The maximum atomic E-state index is 12.1. The van der Waals surface area contributed by atoms with Crippen LogP contribution in [0.3, 0.4) is 0 Å². The van der Waals surface area contributed by atoms with Gasteiger partial charge in [0.25, 0.3) is 0 Å². The lowest BCUT2D eigenvalue weighted by atomic mass is 10.0. The molecule has 0 rings (SSSR count). The molecule has 0 spiro atoms. The SMILES string of the molecule is CCCCCCCCCCCCCC(=O)OC[C@H](CO)OC(=O)CCCCCCCCCCCCCC(C)C. The van der Waals surface area contributed by atoms with Crippen molar-refractivity contribution >= 4 is 11.9 Å². The van der Waals surface area contributed by atoms with Crippen molar-refractivity contribution in [3.63, 3.8) is 0 Å². The first-order valence-corrected chi connectivity index (χ1v) is 17.0. The van der Waals surface area contributed by atoms with Crippen LogP contribution in [0.1, 0.15) is 181 Å². The number of esters is 2. The second-order valence-corrected chi connectivity index (χ2v) is 12.1. The van der Waals surface area contributed by atoms with Crippen molar-refractivity contribution in [2.75, 3.05) is 13.2 Å². The van der Waals surface area contributed by atoms with E-state index < -0.39 is 6.10 Å². The van der Waals surface area contributed by atoms with Crippen LogP contribution in [-0.4, -0.2) is 36.4 Å². The summed E-state index contributed by atoms with van der Waals surface area (Å²) in [4.78, 5) is 24.1. The smallest absolute Gasteiger partial charge is 0.306 e. The standard InChI is InChI=1S/C34H66O5/c1-4-5-6-7-8-9-11-15-18-21-24-27-33(36)38-30-32(29-35)39-34(37)28-25-22-19-16-13-10-12-14-17-20-23-26-31(2)3/h31-32,35H,4-30H2,1-3H3/t32-/m0/s1. The van der Waals surface area contributed by atoms with Crippen molar-refractivity contribution in [3.05, 3.63) is 0 Å². The van der Waals surface area contributed by atoms with Crippen LogP contribution in [0.25, 0.3) is 0 Å². The van der Waals surface area contributed by atoms with E-state index in [1.54, 1.807) is 0 Å². The quantitative estimate of drug-likeness (QED) is 0.0706. The first kappa shape index (κ1) is 37.9. The van der Waals surface area contributed by atoms with Gasteiger partial charge in [-0.3, -0.25) is 9.59 Å². The highest BCUT2D eigenvalue weighted by molar-refractivity contribution is 5.70. The van der Waals surface area contributed by atoms with Gasteiger partial charge in [-0.15, -0.1) is 0 Å². The number of rotatable bonds is 30. The highest BCUT2D eigenvalue weighted by Crippen LogP contribution is 2.15. The molecular formula is C34H66O5. The van der Waals surface area contributed by atoms with Gasteiger partial charge in [0, 0.05) is 12.8 Å². The van der Waals surface area contributed by atoms with Gasteiger partial charge in [0.2, 0.25) is 0 Å². The molecule has 0 fully saturated rings. The molecule has 1 atom stereocenters. The molecule has 0 heterocycles. The normalized spacial score (nSPS) is 12.1. The van der Waals surface area contributed by atoms with Crippen molar-refractivity contribution in [3.8, 4) is 0 Å². The van der Waals surface area contributed by atoms with E-state index in [9.17, 15) is 14.7 Å². The molecule has 0 radical (unpaired) electrons. The Morgan fingerprint density at radius 1 is 0.564 bits per heavy atom. The molecule has 0 aromatic rings. The summed E-state index contributed by atoms with van der Waals surface area (Å²) < 4.78 is 10.5. The average Bonchev–Trinajstić information content (AvgIpc) is 2.92. The number of ether oxygens (including phenoxy) is 2. The summed E-state index contributed by atoms with van der Waals surface area (Å²) >= 11 is 0. The highest BCUT2D eigenvalue weighted by Gasteiger charge is 2.16. The minimum absolute atomic E-state index is 0.0587. The number of aliphatic hydroxyl groups excluding tert-OH is 1. The molecular weight excluding hydrogens is 488 g/mol. The third-order valence-electron chi connectivity index (χ3n) is 7.58. The third-order valence-corrected chi connectivity index (χ3v) is 7.58. The lowest BCUT2D eigenvalue weighted by Crippen LogP contribution is -2.28. The van der Waals surface area contributed by atoms with Gasteiger partial charge in [0.05, 0.1) is 6.61 Å². The summed E-state index contributed by atoms with van der Waals surface area (Å²) in [5.74, 6) is 0.251. The zero-order valence-electron chi connectivity index (χ0n) is 26.3. The largest absolute Gasteiger partial charge is 0.462 e. The Labute approximate surface area is 242 Å². The Bertz CT molecular complexity index is 534. The molecule has 0 amide bonds. The van der Waals surface area contributed by atoms with Crippen molar-refractivity contribution in [1.82, 2.24) is 0 Å². The lowest BCUT2D eigenvalue weighted by Gasteiger charge is -2.15. The molecule has 0 aliphatic rings. The molecule has 0 bridgehead atoms. The van der Waals surface area contributed by atoms with Crippen molar-refractivity contribution in [2.45, 2.75) is 187 Å². The molecule has 0 saturated heterocycles. The van der Waals surface area contributed by atoms with Gasteiger partial charge < -0.3 is 14.6 Å². The molecule has 39 heavy (non-hydrogen) atoms. The first-order chi connectivity index (χ1) is 19.0. The van der Waals surface area contributed by atoms with Crippen LogP contribution in [-0.2, 0) is 19.1 Å². The van der Waals surface area contributed by atoms with Crippen LogP contribution in [0.15, 0.2) is 0 Å². The monoisotopic (exact) mass is 554 g/mol. The van der Waals surface area contributed by atoms with E-state index in [2.05, 4.69) is 20.8 Å². The lowest BCUT2D eigenvalue weighted by molar-refractivity contribution is -0.161. The van der Waals surface area contributed by atoms with Gasteiger partial charge in [-0.25, -0.2) is 0 Å². The summed E-state index contributed by atoms with van der Waals surface area (Å²) in [6.45, 7) is 6.47. The maximum absolute atomic E-state index is 12.1. The minimum Gasteiger partial charge on any atom is -0.462 e. The summed E-state index contributed by atoms with van der Waals surface area (Å²) in [7, 11) is 0. The van der Waals surface area contributed by atoms with Gasteiger partial charge in [-0.1, -0.05) is 156 Å². The van der Waals surface area contributed by atoms with Crippen molar-refractivity contribution < 1.29 is 24.2 Å². The zero-order chi connectivity index (χ0) is 28.8. The number of unbranched alkanes of at least 4 members (excludes halogenated alkanes) is 20. The fourth-order valence-electron chi connectivity index (χ4n) is 4.97. The minimum atomic E-state index is -0.760. The fourth-order valence-corrected chi connectivity index (χ4v) is 4.97. The Morgan fingerprint density at radius 3 is 1.36 bits per heavy atom. The zero-order valence-corrected chi connectivity index (χ0v) is 26.3. The predicted octanol–water partition coefficient (Wildman–Crippen LogP) is 9.86. The summed E-state index contributed by atoms with van der Waals surface area (Å²) in [6.07, 6.45) is 28.7. The van der Waals surface area contributed by atoms with Crippen molar-refractivity contribution in [2.24, 2.45) is 5.92 Å². The highest BCUT2D eigenvalue weighted by atomic mass is 16.6. The van der Waals surface area contributed by atoms with Crippen LogP contribution in [0.5, 0.6) is 0 Å². The topological polar surface area (TPSA) is 72.8 Å². The van der Waals surface area contributed by atoms with Crippen LogP contribution < -0.4 is 0 Å². The summed E-state index contributed by atoms with van der Waals surface area (Å²) in [5, 5.41) is 9.49. The number of carbonyl (C=O) groups excluding carboxylic acids is 2. The van der Waals surface area contributed by atoms with E-state index in [-0.39, 0.29) is 25.2 Å². The van der Waals surface area contributed by atoms with Crippen LogP contribution in [0.2, 0.25) is 0 Å².